The van der Waals surface area contributed by atoms with Crippen LogP contribution < -0.4 is 5.32 Å². The van der Waals surface area contributed by atoms with Gasteiger partial charge in [-0.1, -0.05) is 25.7 Å². The molecule has 0 radical (unpaired) electrons. The molecule has 108 valence electrons. The SMILES string of the molecule is O=C(Nc1ncccc1Br)C1CCC2CCCCC2C1. The van der Waals surface area contributed by atoms with Crippen molar-refractivity contribution in [2.24, 2.45) is 17.8 Å². The number of carbonyl (C=O) groups is 1. The van der Waals surface area contributed by atoms with Gasteiger partial charge in [0.25, 0.3) is 0 Å². The summed E-state index contributed by atoms with van der Waals surface area (Å²) in [7, 11) is 0. The Bertz CT molecular complexity index is 491. The highest BCUT2D eigenvalue weighted by atomic mass is 79.9. The lowest BCUT2D eigenvalue weighted by molar-refractivity contribution is -0.122. The molecule has 20 heavy (non-hydrogen) atoms. The number of hydrogen-bond donors (Lipinski definition) is 1. The smallest absolute Gasteiger partial charge is 0.228 e. The normalized spacial score (nSPS) is 29.6. The van der Waals surface area contributed by atoms with E-state index in [-0.39, 0.29) is 11.8 Å². The lowest BCUT2D eigenvalue weighted by Gasteiger charge is -2.38. The first-order valence-electron chi connectivity index (χ1n) is 7.65. The van der Waals surface area contributed by atoms with Crippen molar-refractivity contribution in [2.45, 2.75) is 44.9 Å². The Morgan fingerprint density at radius 2 is 2.00 bits per heavy atom. The maximum Gasteiger partial charge on any atom is 0.228 e. The highest BCUT2D eigenvalue weighted by molar-refractivity contribution is 9.10. The van der Waals surface area contributed by atoms with E-state index in [1.54, 1.807) is 6.20 Å². The minimum Gasteiger partial charge on any atom is -0.310 e. The van der Waals surface area contributed by atoms with Gasteiger partial charge in [-0.3, -0.25) is 4.79 Å². The molecule has 1 amide bonds. The summed E-state index contributed by atoms with van der Waals surface area (Å²) in [4.78, 5) is 16.6. The second-order valence-corrected chi connectivity index (χ2v) is 6.99. The van der Waals surface area contributed by atoms with E-state index >= 15 is 0 Å². The lowest BCUT2D eigenvalue weighted by atomic mass is 9.67. The van der Waals surface area contributed by atoms with Crippen LogP contribution >= 0.6 is 15.9 Å². The third kappa shape index (κ3) is 3.05. The summed E-state index contributed by atoms with van der Waals surface area (Å²) in [5.74, 6) is 2.62. The highest BCUT2D eigenvalue weighted by Gasteiger charge is 2.35. The number of nitrogens with one attached hydrogen (secondary N) is 1. The standard InChI is InChI=1S/C16H21BrN2O/c17-14-6-3-9-18-15(14)19-16(20)13-8-7-11-4-1-2-5-12(11)10-13/h3,6,9,11-13H,1-2,4-5,7-8,10H2,(H,18,19,20). The molecule has 1 heterocycles. The molecule has 0 spiro atoms. The Balaban J connectivity index is 1.62. The van der Waals surface area contributed by atoms with Gasteiger partial charge in [-0.25, -0.2) is 4.98 Å². The summed E-state index contributed by atoms with van der Waals surface area (Å²) >= 11 is 3.43. The summed E-state index contributed by atoms with van der Waals surface area (Å²) in [6.07, 6.45) is 10.5. The molecule has 3 rings (SSSR count). The lowest BCUT2D eigenvalue weighted by Crippen LogP contribution is -2.34. The minimum atomic E-state index is 0.147. The van der Waals surface area contributed by atoms with Crippen LogP contribution in [0.4, 0.5) is 5.82 Å². The van der Waals surface area contributed by atoms with Gasteiger partial charge in [0.15, 0.2) is 0 Å². The van der Waals surface area contributed by atoms with E-state index < -0.39 is 0 Å². The van der Waals surface area contributed by atoms with Crippen LogP contribution in [0.3, 0.4) is 0 Å². The number of hydrogen-bond acceptors (Lipinski definition) is 2. The predicted octanol–water partition coefficient (Wildman–Crippen LogP) is 4.39. The number of rotatable bonds is 2. The zero-order valence-corrected chi connectivity index (χ0v) is 13.2. The average Bonchev–Trinajstić information content (AvgIpc) is 2.49. The van der Waals surface area contributed by atoms with E-state index in [9.17, 15) is 4.79 Å². The van der Waals surface area contributed by atoms with Gasteiger partial charge in [0.2, 0.25) is 5.91 Å². The predicted molar refractivity (Wildman–Crippen MR) is 83.4 cm³/mol. The number of fused-ring (bicyclic) bond motifs is 1. The van der Waals surface area contributed by atoms with Crippen LogP contribution in [0.5, 0.6) is 0 Å². The Kier molecular flexibility index (Phi) is 4.39. The zero-order valence-electron chi connectivity index (χ0n) is 11.6. The molecule has 1 aromatic rings. The third-order valence-corrected chi connectivity index (χ3v) is 5.55. The molecule has 0 aliphatic heterocycles. The fraction of sp³-hybridized carbons (Fsp3) is 0.625. The number of aromatic nitrogens is 1. The van der Waals surface area contributed by atoms with Gasteiger partial charge in [0, 0.05) is 12.1 Å². The summed E-state index contributed by atoms with van der Waals surface area (Å²) in [6.45, 7) is 0. The Labute approximate surface area is 128 Å². The maximum atomic E-state index is 12.4. The number of halogens is 1. The van der Waals surface area contributed by atoms with Crippen LogP contribution in [0.2, 0.25) is 0 Å². The van der Waals surface area contributed by atoms with E-state index in [1.807, 2.05) is 12.1 Å². The van der Waals surface area contributed by atoms with Gasteiger partial charge >= 0.3 is 0 Å². The zero-order chi connectivity index (χ0) is 13.9. The van der Waals surface area contributed by atoms with Crippen LogP contribution in [-0.2, 0) is 4.79 Å². The molecular weight excluding hydrogens is 316 g/mol. The van der Waals surface area contributed by atoms with Gasteiger partial charge in [-0.2, -0.15) is 0 Å². The third-order valence-electron chi connectivity index (χ3n) is 4.91. The molecule has 2 aliphatic carbocycles. The van der Waals surface area contributed by atoms with E-state index in [0.717, 1.165) is 29.2 Å². The quantitative estimate of drug-likeness (QED) is 0.870. The fourth-order valence-corrected chi connectivity index (χ4v) is 4.16. The van der Waals surface area contributed by atoms with Crippen molar-refractivity contribution in [1.29, 1.82) is 0 Å². The van der Waals surface area contributed by atoms with Crippen molar-refractivity contribution >= 4 is 27.7 Å². The van der Waals surface area contributed by atoms with Crippen LogP contribution in [0.25, 0.3) is 0 Å². The van der Waals surface area contributed by atoms with E-state index in [0.29, 0.717) is 5.82 Å². The van der Waals surface area contributed by atoms with Gasteiger partial charge < -0.3 is 5.32 Å². The molecule has 0 saturated heterocycles. The van der Waals surface area contributed by atoms with Crippen molar-refractivity contribution in [3.8, 4) is 0 Å². The van der Waals surface area contributed by atoms with Crippen molar-refractivity contribution in [3.63, 3.8) is 0 Å². The Morgan fingerprint density at radius 1 is 1.20 bits per heavy atom. The molecule has 3 nitrogen and oxygen atoms in total. The van der Waals surface area contributed by atoms with Gasteiger partial charge in [-0.15, -0.1) is 0 Å². The van der Waals surface area contributed by atoms with Crippen molar-refractivity contribution in [1.82, 2.24) is 4.98 Å². The summed E-state index contributed by atoms with van der Waals surface area (Å²) in [5.41, 5.74) is 0. The molecule has 3 unspecified atom stereocenters. The van der Waals surface area contributed by atoms with Crippen LogP contribution in [0.15, 0.2) is 22.8 Å². The van der Waals surface area contributed by atoms with Gasteiger partial charge in [0.05, 0.1) is 4.47 Å². The van der Waals surface area contributed by atoms with Crippen LogP contribution in [0.1, 0.15) is 44.9 Å². The molecule has 2 aliphatic rings. The molecule has 2 saturated carbocycles. The van der Waals surface area contributed by atoms with E-state index in [4.69, 9.17) is 0 Å². The molecule has 0 bridgehead atoms. The van der Waals surface area contributed by atoms with Crippen LogP contribution in [-0.4, -0.2) is 10.9 Å². The van der Waals surface area contributed by atoms with Crippen molar-refractivity contribution in [3.05, 3.63) is 22.8 Å². The van der Waals surface area contributed by atoms with Gasteiger partial charge in [0.1, 0.15) is 5.82 Å². The maximum absolute atomic E-state index is 12.4. The highest BCUT2D eigenvalue weighted by Crippen LogP contribution is 2.42. The largest absolute Gasteiger partial charge is 0.310 e. The van der Waals surface area contributed by atoms with Crippen molar-refractivity contribution in [2.75, 3.05) is 5.32 Å². The number of anilines is 1. The first-order chi connectivity index (χ1) is 9.74. The summed E-state index contributed by atoms with van der Waals surface area (Å²) < 4.78 is 0.847. The number of nitrogens with zero attached hydrogens (tertiary/aromatic N) is 1. The number of pyridine rings is 1. The molecular formula is C16H21BrN2O. The summed E-state index contributed by atoms with van der Waals surface area (Å²) in [5, 5.41) is 2.98. The molecule has 3 atom stereocenters. The number of carbonyl (C=O) groups excluding carboxylic acids is 1. The molecule has 1 aromatic heterocycles. The van der Waals surface area contributed by atoms with E-state index in [2.05, 4.69) is 26.2 Å². The van der Waals surface area contributed by atoms with E-state index in [1.165, 1.54) is 32.1 Å². The molecule has 4 heteroatoms. The second kappa shape index (κ2) is 6.25. The molecule has 0 aromatic carbocycles. The van der Waals surface area contributed by atoms with Gasteiger partial charge in [-0.05, 0) is 59.2 Å². The van der Waals surface area contributed by atoms with Crippen molar-refractivity contribution < 1.29 is 4.79 Å². The topological polar surface area (TPSA) is 42.0 Å². The van der Waals surface area contributed by atoms with Crippen LogP contribution in [0, 0.1) is 17.8 Å². The Morgan fingerprint density at radius 3 is 2.80 bits per heavy atom. The minimum absolute atomic E-state index is 0.147. The average molecular weight is 337 g/mol. The fourth-order valence-electron chi connectivity index (χ4n) is 3.81. The summed E-state index contributed by atoms with van der Waals surface area (Å²) in [6, 6.07) is 3.76. The monoisotopic (exact) mass is 336 g/mol. The molecule has 2 fully saturated rings. The first-order valence-corrected chi connectivity index (χ1v) is 8.44. The Hall–Kier alpha value is -0.900. The molecule has 1 N–H and O–H groups in total. The first kappa shape index (κ1) is 14.1. The second-order valence-electron chi connectivity index (χ2n) is 6.14. The number of amides is 1.